The van der Waals surface area contributed by atoms with Gasteiger partial charge in [-0.1, -0.05) is 23.7 Å². The lowest BCUT2D eigenvalue weighted by Crippen LogP contribution is -2.24. The molecule has 0 fully saturated rings. The van der Waals surface area contributed by atoms with Gasteiger partial charge in [0, 0.05) is 11.6 Å². The van der Waals surface area contributed by atoms with Crippen LogP contribution in [0.1, 0.15) is 15.9 Å². The molecule has 0 bridgehead atoms. The standard InChI is InChI=1S/C15H15ClN2O4S/c1-22-14-7-6-12(23(17,20)21)8-13(14)15(19)18-9-10-2-4-11(16)5-3-10/h2-8H,9H2,1H3,(H,18,19)(H2,17,20,21). The van der Waals surface area contributed by atoms with Crippen LogP contribution < -0.4 is 15.2 Å². The third-order valence-electron chi connectivity index (χ3n) is 3.11. The predicted octanol–water partition coefficient (Wildman–Crippen LogP) is 1.93. The number of rotatable bonds is 5. The number of hydrogen-bond acceptors (Lipinski definition) is 4. The predicted molar refractivity (Wildman–Crippen MR) is 87.0 cm³/mol. The molecule has 0 atom stereocenters. The molecule has 2 aromatic rings. The molecule has 1 amide bonds. The van der Waals surface area contributed by atoms with Crippen molar-refractivity contribution in [1.29, 1.82) is 0 Å². The number of methoxy groups -OCH3 is 1. The molecule has 122 valence electrons. The monoisotopic (exact) mass is 354 g/mol. The van der Waals surface area contributed by atoms with Gasteiger partial charge in [0.2, 0.25) is 10.0 Å². The van der Waals surface area contributed by atoms with E-state index < -0.39 is 15.9 Å². The zero-order valence-corrected chi connectivity index (χ0v) is 13.8. The minimum Gasteiger partial charge on any atom is -0.496 e. The van der Waals surface area contributed by atoms with Crippen LogP contribution in [0.15, 0.2) is 47.4 Å². The summed E-state index contributed by atoms with van der Waals surface area (Å²) in [6.07, 6.45) is 0. The molecule has 0 unspecified atom stereocenters. The normalized spacial score (nSPS) is 11.1. The molecule has 6 nitrogen and oxygen atoms in total. The summed E-state index contributed by atoms with van der Waals surface area (Å²) >= 11 is 5.80. The first-order chi connectivity index (χ1) is 10.8. The van der Waals surface area contributed by atoms with Gasteiger partial charge in [-0.3, -0.25) is 4.79 Å². The number of amides is 1. The fraction of sp³-hybridized carbons (Fsp3) is 0.133. The Morgan fingerprint density at radius 2 is 1.87 bits per heavy atom. The van der Waals surface area contributed by atoms with Gasteiger partial charge < -0.3 is 10.1 Å². The van der Waals surface area contributed by atoms with Crippen LogP contribution in [-0.4, -0.2) is 21.4 Å². The average molecular weight is 355 g/mol. The van der Waals surface area contributed by atoms with Crippen molar-refractivity contribution in [2.24, 2.45) is 5.14 Å². The molecule has 0 radical (unpaired) electrons. The Hall–Kier alpha value is -2.09. The first-order valence-corrected chi connectivity index (χ1v) is 8.47. The molecule has 0 aliphatic heterocycles. The Balaban J connectivity index is 2.22. The molecule has 23 heavy (non-hydrogen) atoms. The van der Waals surface area contributed by atoms with Gasteiger partial charge in [-0.25, -0.2) is 13.6 Å². The summed E-state index contributed by atoms with van der Waals surface area (Å²) in [6, 6.07) is 10.8. The molecule has 0 aromatic heterocycles. The van der Waals surface area contributed by atoms with Crippen LogP contribution in [0.5, 0.6) is 5.75 Å². The summed E-state index contributed by atoms with van der Waals surface area (Å²) in [5, 5.41) is 8.37. The quantitative estimate of drug-likeness (QED) is 0.857. The number of hydrogen-bond donors (Lipinski definition) is 2. The molecule has 0 aliphatic carbocycles. The number of carbonyl (C=O) groups excluding carboxylic acids is 1. The van der Waals surface area contributed by atoms with Crippen molar-refractivity contribution in [1.82, 2.24) is 5.32 Å². The number of carbonyl (C=O) groups is 1. The van der Waals surface area contributed by atoms with Crippen LogP contribution in [0.4, 0.5) is 0 Å². The fourth-order valence-corrected chi connectivity index (χ4v) is 2.59. The number of nitrogens with two attached hydrogens (primary N) is 1. The van der Waals surface area contributed by atoms with E-state index in [0.717, 1.165) is 5.56 Å². The molecule has 2 aromatic carbocycles. The van der Waals surface area contributed by atoms with Crippen LogP contribution in [-0.2, 0) is 16.6 Å². The number of sulfonamides is 1. The van der Waals surface area contributed by atoms with E-state index in [9.17, 15) is 13.2 Å². The minimum atomic E-state index is -3.91. The Morgan fingerprint density at radius 3 is 2.43 bits per heavy atom. The second kappa shape index (κ2) is 6.99. The lowest BCUT2D eigenvalue weighted by molar-refractivity contribution is 0.0947. The lowest BCUT2D eigenvalue weighted by atomic mass is 10.1. The number of primary sulfonamides is 1. The Labute approximate surface area is 139 Å². The lowest BCUT2D eigenvalue weighted by Gasteiger charge is -2.11. The molecule has 0 saturated heterocycles. The van der Waals surface area contributed by atoms with Crippen LogP contribution in [0.25, 0.3) is 0 Å². The minimum absolute atomic E-state index is 0.0907. The summed E-state index contributed by atoms with van der Waals surface area (Å²) in [5.74, 6) is -0.215. The SMILES string of the molecule is COc1ccc(S(N)(=O)=O)cc1C(=O)NCc1ccc(Cl)cc1. The fourth-order valence-electron chi connectivity index (χ4n) is 1.92. The van der Waals surface area contributed by atoms with Gasteiger partial charge in [0.15, 0.2) is 0 Å². The highest BCUT2D eigenvalue weighted by Crippen LogP contribution is 2.22. The van der Waals surface area contributed by atoms with Crippen LogP contribution in [0.3, 0.4) is 0 Å². The summed E-state index contributed by atoms with van der Waals surface area (Å²) in [4.78, 5) is 12.1. The number of nitrogens with one attached hydrogen (secondary N) is 1. The second-order valence-corrected chi connectivity index (χ2v) is 6.71. The van der Waals surface area contributed by atoms with Crippen LogP contribution in [0, 0.1) is 0 Å². The zero-order chi connectivity index (χ0) is 17.0. The highest BCUT2D eigenvalue weighted by molar-refractivity contribution is 7.89. The maximum Gasteiger partial charge on any atom is 0.255 e. The van der Waals surface area contributed by atoms with Crippen molar-refractivity contribution < 1.29 is 17.9 Å². The molecule has 0 heterocycles. The molecule has 0 aliphatic rings. The van der Waals surface area contributed by atoms with Gasteiger partial charge in [-0.2, -0.15) is 0 Å². The van der Waals surface area contributed by atoms with Crippen molar-refractivity contribution >= 4 is 27.5 Å². The van der Waals surface area contributed by atoms with E-state index in [0.29, 0.717) is 5.02 Å². The third kappa shape index (κ3) is 4.44. The first-order valence-electron chi connectivity index (χ1n) is 6.55. The van der Waals surface area contributed by atoms with Gasteiger partial charge in [-0.05, 0) is 35.9 Å². The van der Waals surface area contributed by atoms with Crippen molar-refractivity contribution in [3.63, 3.8) is 0 Å². The zero-order valence-electron chi connectivity index (χ0n) is 12.2. The van der Waals surface area contributed by atoms with Crippen molar-refractivity contribution in [3.8, 4) is 5.75 Å². The van der Waals surface area contributed by atoms with E-state index in [2.05, 4.69) is 5.32 Å². The van der Waals surface area contributed by atoms with E-state index in [1.54, 1.807) is 24.3 Å². The van der Waals surface area contributed by atoms with Crippen LogP contribution in [0.2, 0.25) is 5.02 Å². The molecule has 0 spiro atoms. The van der Waals surface area contributed by atoms with Gasteiger partial charge >= 0.3 is 0 Å². The van der Waals surface area contributed by atoms with E-state index >= 15 is 0 Å². The average Bonchev–Trinajstić information content (AvgIpc) is 2.52. The number of halogens is 1. The van der Waals surface area contributed by atoms with Crippen molar-refractivity contribution in [2.45, 2.75) is 11.4 Å². The van der Waals surface area contributed by atoms with Gasteiger partial charge in [0.05, 0.1) is 17.6 Å². The Morgan fingerprint density at radius 1 is 1.22 bits per heavy atom. The third-order valence-corrected chi connectivity index (χ3v) is 4.27. The molecule has 8 heteroatoms. The van der Waals surface area contributed by atoms with Gasteiger partial charge in [0.25, 0.3) is 5.91 Å². The van der Waals surface area contributed by atoms with Crippen LogP contribution >= 0.6 is 11.6 Å². The maximum atomic E-state index is 12.3. The summed E-state index contributed by atoms with van der Waals surface area (Å²) in [6.45, 7) is 0.263. The molecular weight excluding hydrogens is 340 g/mol. The van der Waals surface area contributed by atoms with E-state index in [1.807, 2.05) is 0 Å². The summed E-state index contributed by atoms with van der Waals surface area (Å²) in [7, 11) is -2.52. The summed E-state index contributed by atoms with van der Waals surface area (Å²) in [5.41, 5.74) is 0.942. The number of ether oxygens (including phenoxy) is 1. The van der Waals surface area contributed by atoms with E-state index in [1.165, 1.54) is 25.3 Å². The topological polar surface area (TPSA) is 98.5 Å². The van der Waals surface area contributed by atoms with Gasteiger partial charge in [0.1, 0.15) is 5.75 Å². The second-order valence-electron chi connectivity index (χ2n) is 4.72. The van der Waals surface area contributed by atoms with Crippen molar-refractivity contribution in [3.05, 3.63) is 58.6 Å². The van der Waals surface area contributed by atoms with E-state index in [-0.39, 0.29) is 22.8 Å². The van der Waals surface area contributed by atoms with Gasteiger partial charge in [-0.15, -0.1) is 0 Å². The highest BCUT2D eigenvalue weighted by Gasteiger charge is 2.17. The molecular formula is C15H15ClN2O4S. The number of benzene rings is 2. The Bertz CT molecular complexity index is 820. The maximum absolute atomic E-state index is 12.3. The summed E-state index contributed by atoms with van der Waals surface area (Å²) < 4.78 is 27.9. The largest absolute Gasteiger partial charge is 0.496 e. The first kappa shape index (κ1) is 17.3. The van der Waals surface area contributed by atoms with Crippen molar-refractivity contribution in [2.75, 3.05) is 7.11 Å². The molecule has 3 N–H and O–H groups in total. The van der Waals surface area contributed by atoms with E-state index in [4.69, 9.17) is 21.5 Å². The highest BCUT2D eigenvalue weighted by atomic mass is 35.5. The Kier molecular flexibility index (Phi) is 5.25. The smallest absolute Gasteiger partial charge is 0.255 e. The molecule has 0 saturated carbocycles. The molecule has 2 rings (SSSR count).